The molecule has 0 unspecified atom stereocenters. The maximum absolute atomic E-state index is 12.6. The fraction of sp³-hybridized carbons (Fsp3) is 0.115. The summed E-state index contributed by atoms with van der Waals surface area (Å²) >= 11 is 3.47. The van der Waals surface area contributed by atoms with Crippen LogP contribution in [0.1, 0.15) is 22.3 Å². The van der Waals surface area contributed by atoms with Gasteiger partial charge >= 0.3 is 0 Å². The SMILES string of the molecule is COc1cc(/C=C(\C#N)C(=O)Nc2ccc(C)cc2)c(Br)cc1OCc1ccccc1C#N. The molecule has 7 heteroatoms. The number of hydrogen-bond acceptors (Lipinski definition) is 5. The number of hydrogen-bond donors (Lipinski definition) is 1. The predicted molar refractivity (Wildman–Crippen MR) is 130 cm³/mol. The van der Waals surface area contributed by atoms with Gasteiger partial charge in [0.05, 0.1) is 18.7 Å². The first-order valence-electron chi connectivity index (χ1n) is 9.93. The van der Waals surface area contributed by atoms with E-state index in [2.05, 4.69) is 27.3 Å². The molecule has 0 bridgehead atoms. The summed E-state index contributed by atoms with van der Waals surface area (Å²) in [7, 11) is 1.50. The lowest BCUT2D eigenvalue weighted by molar-refractivity contribution is -0.112. The molecule has 0 aliphatic rings. The van der Waals surface area contributed by atoms with Gasteiger partial charge in [0.2, 0.25) is 0 Å². The number of nitrogens with one attached hydrogen (secondary N) is 1. The van der Waals surface area contributed by atoms with Crippen molar-refractivity contribution in [1.82, 2.24) is 0 Å². The molecule has 1 N–H and O–H groups in total. The number of nitrogens with zero attached hydrogens (tertiary/aromatic N) is 2. The maximum Gasteiger partial charge on any atom is 0.266 e. The zero-order valence-corrected chi connectivity index (χ0v) is 19.6. The largest absolute Gasteiger partial charge is 0.493 e. The minimum absolute atomic E-state index is 0.0602. The van der Waals surface area contributed by atoms with Gasteiger partial charge in [-0.1, -0.05) is 51.8 Å². The van der Waals surface area contributed by atoms with E-state index in [0.29, 0.717) is 32.8 Å². The molecule has 0 radical (unpaired) electrons. The number of rotatable bonds is 7. The molecular formula is C26H20BrN3O3. The van der Waals surface area contributed by atoms with Crippen molar-refractivity contribution in [1.29, 1.82) is 10.5 Å². The molecule has 0 atom stereocenters. The van der Waals surface area contributed by atoms with Crippen molar-refractivity contribution in [2.45, 2.75) is 13.5 Å². The van der Waals surface area contributed by atoms with Crippen LogP contribution in [0.15, 0.2) is 70.7 Å². The fourth-order valence-electron chi connectivity index (χ4n) is 2.98. The van der Waals surface area contributed by atoms with Crippen LogP contribution in [-0.2, 0) is 11.4 Å². The van der Waals surface area contributed by atoms with E-state index in [-0.39, 0.29) is 12.2 Å². The summed E-state index contributed by atoms with van der Waals surface area (Å²) in [4.78, 5) is 12.6. The molecule has 33 heavy (non-hydrogen) atoms. The molecule has 6 nitrogen and oxygen atoms in total. The molecule has 0 fully saturated rings. The molecule has 0 aromatic heterocycles. The highest BCUT2D eigenvalue weighted by molar-refractivity contribution is 9.10. The van der Waals surface area contributed by atoms with Gasteiger partial charge in [-0.25, -0.2) is 0 Å². The smallest absolute Gasteiger partial charge is 0.266 e. The van der Waals surface area contributed by atoms with Crippen LogP contribution >= 0.6 is 15.9 Å². The Morgan fingerprint density at radius 1 is 1.09 bits per heavy atom. The van der Waals surface area contributed by atoms with E-state index in [1.807, 2.05) is 37.3 Å². The normalized spacial score (nSPS) is 10.6. The molecule has 0 spiro atoms. The van der Waals surface area contributed by atoms with Crippen molar-refractivity contribution in [3.8, 4) is 23.6 Å². The van der Waals surface area contributed by atoms with Crippen molar-refractivity contribution in [3.63, 3.8) is 0 Å². The first-order chi connectivity index (χ1) is 15.9. The van der Waals surface area contributed by atoms with Gasteiger partial charge in [0, 0.05) is 15.7 Å². The van der Waals surface area contributed by atoms with Crippen LogP contribution in [0.25, 0.3) is 6.08 Å². The number of methoxy groups -OCH3 is 1. The van der Waals surface area contributed by atoms with Crippen LogP contribution in [0.4, 0.5) is 5.69 Å². The highest BCUT2D eigenvalue weighted by Crippen LogP contribution is 2.35. The molecule has 1 amide bonds. The average Bonchev–Trinajstić information content (AvgIpc) is 2.83. The molecule has 0 aliphatic carbocycles. The number of ether oxygens (including phenoxy) is 2. The second-order valence-electron chi connectivity index (χ2n) is 7.07. The predicted octanol–water partition coefficient (Wildman–Crippen LogP) is 5.76. The summed E-state index contributed by atoms with van der Waals surface area (Å²) in [5.41, 5.74) is 3.47. The summed E-state index contributed by atoms with van der Waals surface area (Å²) in [5.74, 6) is 0.368. The summed E-state index contributed by atoms with van der Waals surface area (Å²) < 4.78 is 11.9. The van der Waals surface area contributed by atoms with E-state index in [0.717, 1.165) is 11.1 Å². The number of benzene rings is 3. The highest BCUT2D eigenvalue weighted by Gasteiger charge is 2.14. The molecular weight excluding hydrogens is 482 g/mol. The Morgan fingerprint density at radius 2 is 1.82 bits per heavy atom. The van der Waals surface area contributed by atoms with Gasteiger partial charge in [0.25, 0.3) is 5.91 Å². The standard InChI is InChI=1S/C26H20BrN3O3/c1-17-7-9-22(10-8-17)30-26(31)21(15-29)11-20-12-24(32-2)25(13-23(20)27)33-16-19-6-4-3-5-18(19)14-28/h3-13H,16H2,1-2H3,(H,30,31)/b21-11+. The number of nitriles is 2. The Hall–Kier alpha value is -4.07. The molecule has 3 rings (SSSR count). The number of aryl methyl sites for hydroxylation is 1. The minimum atomic E-state index is -0.513. The van der Waals surface area contributed by atoms with Crippen LogP contribution in [-0.4, -0.2) is 13.0 Å². The third-order valence-corrected chi connectivity index (χ3v) is 5.47. The molecule has 0 saturated heterocycles. The lowest BCUT2D eigenvalue weighted by Crippen LogP contribution is -2.13. The Balaban J connectivity index is 1.83. The Kier molecular flexibility index (Phi) is 7.86. The van der Waals surface area contributed by atoms with Crippen LogP contribution in [0.3, 0.4) is 0 Å². The van der Waals surface area contributed by atoms with E-state index in [1.165, 1.54) is 13.2 Å². The van der Waals surface area contributed by atoms with Crippen molar-refractivity contribution in [2.75, 3.05) is 12.4 Å². The van der Waals surface area contributed by atoms with Crippen LogP contribution in [0.2, 0.25) is 0 Å². The van der Waals surface area contributed by atoms with Crippen LogP contribution in [0, 0.1) is 29.6 Å². The monoisotopic (exact) mass is 501 g/mol. The first kappa shape index (κ1) is 23.6. The van der Waals surface area contributed by atoms with Gasteiger partial charge < -0.3 is 14.8 Å². The van der Waals surface area contributed by atoms with E-state index in [9.17, 15) is 15.3 Å². The summed E-state index contributed by atoms with van der Waals surface area (Å²) in [5, 5.41) is 21.5. The van der Waals surface area contributed by atoms with Gasteiger partial charge in [0.15, 0.2) is 11.5 Å². The van der Waals surface area contributed by atoms with E-state index < -0.39 is 5.91 Å². The van der Waals surface area contributed by atoms with Gasteiger partial charge in [-0.3, -0.25) is 4.79 Å². The topological polar surface area (TPSA) is 95.1 Å². The van der Waals surface area contributed by atoms with Crippen molar-refractivity contribution < 1.29 is 14.3 Å². The number of anilines is 1. The fourth-order valence-corrected chi connectivity index (χ4v) is 3.42. The Morgan fingerprint density at radius 3 is 2.48 bits per heavy atom. The zero-order valence-electron chi connectivity index (χ0n) is 18.1. The van der Waals surface area contributed by atoms with Gasteiger partial charge in [-0.2, -0.15) is 10.5 Å². The second-order valence-corrected chi connectivity index (χ2v) is 7.93. The van der Waals surface area contributed by atoms with Gasteiger partial charge in [-0.05, 0) is 48.9 Å². The molecule has 3 aromatic rings. The molecule has 164 valence electrons. The number of halogens is 1. The number of carbonyl (C=O) groups is 1. The van der Waals surface area contributed by atoms with Crippen LogP contribution < -0.4 is 14.8 Å². The van der Waals surface area contributed by atoms with Gasteiger partial charge in [0.1, 0.15) is 18.2 Å². The zero-order chi connectivity index (χ0) is 23.8. The number of carbonyl (C=O) groups excluding carboxylic acids is 1. The average molecular weight is 502 g/mol. The molecule has 3 aromatic carbocycles. The minimum Gasteiger partial charge on any atom is -0.493 e. The highest BCUT2D eigenvalue weighted by atomic mass is 79.9. The van der Waals surface area contributed by atoms with Gasteiger partial charge in [-0.15, -0.1) is 0 Å². The third kappa shape index (κ3) is 6.00. The van der Waals surface area contributed by atoms with Crippen molar-refractivity contribution in [3.05, 3.63) is 93.0 Å². The number of amides is 1. The lowest BCUT2D eigenvalue weighted by atomic mass is 10.1. The second kappa shape index (κ2) is 11.0. The summed E-state index contributed by atoms with van der Waals surface area (Å²) in [6, 6.07) is 21.9. The van der Waals surface area contributed by atoms with E-state index in [1.54, 1.807) is 36.4 Å². The first-order valence-corrected chi connectivity index (χ1v) is 10.7. The molecule has 0 aliphatic heterocycles. The van der Waals surface area contributed by atoms with Crippen molar-refractivity contribution in [2.24, 2.45) is 0 Å². The maximum atomic E-state index is 12.6. The molecule has 0 saturated carbocycles. The Bertz CT molecular complexity index is 1290. The summed E-state index contributed by atoms with van der Waals surface area (Å²) in [6.07, 6.45) is 1.48. The Labute approximate surface area is 200 Å². The van der Waals surface area contributed by atoms with Crippen molar-refractivity contribution >= 4 is 33.6 Å². The lowest BCUT2D eigenvalue weighted by Gasteiger charge is -2.13. The quantitative estimate of drug-likeness (QED) is 0.327. The van der Waals surface area contributed by atoms with E-state index in [4.69, 9.17) is 9.47 Å². The molecule has 0 heterocycles. The summed E-state index contributed by atoms with van der Waals surface area (Å²) in [6.45, 7) is 2.14. The third-order valence-electron chi connectivity index (χ3n) is 4.78. The van der Waals surface area contributed by atoms with Crippen LogP contribution in [0.5, 0.6) is 11.5 Å². The van der Waals surface area contributed by atoms with E-state index >= 15 is 0 Å².